The average molecular weight is 597 g/mol. The van der Waals surface area contributed by atoms with Crippen molar-refractivity contribution in [2.45, 2.75) is 57.0 Å². The predicted octanol–water partition coefficient (Wildman–Crippen LogP) is 5.19. The van der Waals surface area contributed by atoms with Gasteiger partial charge in [-0.05, 0) is 69.8 Å². The Labute approximate surface area is 248 Å². The quantitative estimate of drug-likeness (QED) is 0.386. The van der Waals surface area contributed by atoms with E-state index in [1.807, 2.05) is 12.1 Å². The first kappa shape index (κ1) is 30.3. The number of carbonyl (C=O) groups excluding carboxylic acids is 2. The van der Waals surface area contributed by atoms with Gasteiger partial charge in [-0.15, -0.1) is 0 Å². The fourth-order valence-corrected chi connectivity index (χ4v) is 6.13. The van der Waals surface area contributed by atoms with Crippen molar-refractivity contribution < 1.29 is 32.2 Å². The molecule has 2 saturated heterocycles. The van der Waals surface area contributed by atoms with Crippen LogP contribution in [0.3, 0.4) is 0 Å². The Balaban J connectivity index is 1.51. The maximum atomic E-state index is 15.5. The van der Waals surface area contributed by atoms with Crippen LogP contribution < -0.4 is 19.7 Å². The third kappa shape index (κ3) is 6.31. The smallest absolute Gasteiger partial charge is 0.251 e. The van der Waals surface area contributed by atoms with Gasteiger partial charge in [0.1, 0.15) is 35.0 Å². The molecule has 1 aromatic heterocycles. The number of aromatic nitrogens is 1. The van der Waals surface area contributed by atoms with E-state index in [4.69, 9.17) is 14.5 Å². The molecule has 5 rings (SSSR count). The number of likely N-dealkylation sites (tertiary alicyclic amines) is 1. The van der Waals surface area contributed by atoms with Crippen LogP contribution in [-0.2, 0) is 4.79 Å². The molecular weight excluding hydrogens is 561 g/mol. The maximum absolute atomic E-state index is 15.5. The minimum Gasteiger partial charge on any atom is -0.497 e. The molecule has 11 heteroatoms. The lowest BCUT2D eigenvalue weighted by Crippen LogP contribution is -2.44. The summed E-state index contributed by atoms with van der Waals surface area (Å²) in [4.78, 5) is 35.9. The number of alkyl halides is 1. The van der Waals surface area contributed by atoms with Gasteiger partial charge < -0.3 is 19.7 Å². The van der Waals surface area contributed by atoms with Crippen molar-refractivity contribution in [1.82, 2.24) is 15.2 Å². The Morgan fingerprint density at radius 2 is 1.79 bits per heavy atom. The highest BCUT2D eigenvalue weighted by molar-refractivity contribution is 6.05. The highest BCUT2D eigenvalue weighted by atomic mass is 19.1. The number of nitrogens with one attached hydrogen (secondary N) is 1. The van der Waals surface area contributed by atoms with Crippen LogP contribution in [0.15, 0.2) is 54.6 Å². The van der Waals surface area contributed by atoms with Crippen LogP contribution in [0.25, 0.3) is 0 Å². The minimum atomic E-state index is -1.54. The lowest BCUT2D eigenvalue weighted by Gasteiger charge is -2.30. The van der Waals surface area contributed by atoms with Crippen molar-refractivity contribution >= 4 is 17.6 Å². The van der Waals surface area contributed by atoms with Crippen molar-refractivity contribution in [3.8, 4) is 11.5 Å². The highest BCUT2D eigenvalue weighted by Crippen LogP contribution is 2.41. The molecule has 2 aliphatic rings. The number of carbonyl (C=O) groups is 2. The number of hydrogen-bond acceptors (Lipinski definition) is 6. The van der Waals surface area contributed by atoms with Crippen molar-refractivity contribution in [3.05, 3.63) is 83.1 Å². The molecule has 0 saturated carbocycles. The summed E-state index contributed by atoms with van der Waals surface area (Å²) in [6.45, 7) is 4.75. The van der Waals surface area contributed by atoms with Crippen LogP contribution in [0.2, 0.25) is 0 Å². The first-order valence-corrected chi connectivity index (χ1v) is 14.3. The molecule has 228 valence electrons. The van der Waals surface area contributed by atoms with E-state index in [0.29, 0.717) is 5.82 Å². The molecule has 0 aliphatic carbocycles. The number of piperidine rings is 1. The second-order valence-corrected chi connectivity index (χ2v) is 11.1. The molecule has 8 nitrogen and oxygen atoms in total. The zero-order valence-electron chi connectivity index (χ0n) is 24.5. The summed E-state index contributed by atoms with van der Waals surface area (Å²) in [6.07, 6.45) is 0.449. The molecule has 2 aromatic carbocycles. The summed E-state index contributed by atoms with van der Waals surface area (Å²) in [5, 5.41) is 2.71. The normalized spacial score (nSPS) is 23.2. The molecule has 0 radical (unpaired) electrons. The Hall–Kier alpha value is -4.12. The molecule has 2 aliphatic heterocycles. The van der Waals surface area contributed by atoms with E-state index in [9.17, 15) is 14.0 Å². The standard InChI is InChI=1S/C32H35F3N4O4/c1-18-28(29-24(34)15-23(42-4)16-25(29)35)30(37-31(40)20-10-12-22(13-11-20)43-19(2)33)32(41)39(18)27-9-5-8-26(36-27)21-7-6-14-38(3)17-21/h5,8-13,15-16,18-19,21,28,30H,6-7,14,17H2,1-4H3,(H,37,40)/t18-,19?,21?,28-,30-/m0/s1. The van der Waals surface area contributed by atoms with Gasteiger partial charge in [-0.2, -0.15) is 0 Å². The number of ether oxygens (including phenoxy) is 2. The SMILES string of the molecule is COc1cc(F)c([C@H]2[C@H](NC(=O)c3ccc(OC(C)F)cc3)C(=O)N(c3cccc(C4CCCN(C)C4)n3)[C@H]2C)c(F)c1. The third-order valence-electron chi connectivity index (χ3n) is 8.16. The van der Waals surface area contributed by atoms with E-state index in [-0.39, 0.29) is 28.5 Å². The summed E-state index contributed by atoms with van der Waals surface area (Å²) in [6, 6.07) is 11.2. The van der Waals surface area contributed by atoms with Gasteiger partial charge in [-0.25, -0.2) is 18.2 Å². The van der Waals surface area contributed by atoms with E-state index in [0.717, 1.165) is 43.8 Å². The van der Waals surface area contributed by atoms with Crippen molar-refractivity contribution in [1.29, 1.82) is 0 Å². The lowest BCUT2D eigenvalue weighted by molar-refractivity contribution is -0.118. The van der Waals surface area contributed by atoms with Gasteiger partial charge in [0.2, 0.25) is 6.36 Å². The lowest BCUT2D eigenvalue weighted by atomic mass is 9.87. The van der Waals surface area contributed by atoms with Crippen molar-refractivity contribution in [3.63, 3.8) is 0 Å². The van der Waals surface area contributed by atoms with Gasteiger partial charge in [0, 0.05) is 60.3 Å². The van der Waals surface area contributed by atoms with E-state index in [1.165, 1.54) is 43.2 Å². The summed E-state index contributed by atoms with van der Waals surface area (Å²) in [5.41, 5.74) is 0.661. The van der Waals surface area contributed by atoms with E-state index in [2.05, 4.69) is 17.3 Å². The maximum Gasteiger partial charge on any atom is 0.251 e. The van der Waals surface area contributed by atoms with E-state index >= 15 is 8.78 Å². The number of anilines is 1. The Kier molecular flexibility index (Phi) is 8.91. The first-order chi connectivity index (χ1) is 20.6. The number of pyridine rings is 1. The Morgan fingerprint density at radius 1 is 1.09 bits per heavy atom. The molecule has 43 heavy (non-hydrogen) atoms. The first-order valence-electron chi connectivity index (χ1n) is 14.3. The topological polar surface area (TPSA) is 84.0 Å². The third-order valence-corrected chi connectivity index (χ3v) is 8.16. The van der Waals surface area contributed by atoms with Gasteiger partial charge in [-0.3, -0.25) is 14.5 Å². The molecule has 1 N–H and O–H groups in total. The van der Waals surface area contributed by atoms with Crippen LogP contribution in [0.1, 0.15) is 60.1 Å². The van der Waals surface area contributed by atoms with Crippen LogP contribution in [0, 0.1) is 11.6 Å². The molecular formula is C32H35F3N4O4. The average Bonchev–Trinajstić information content (AvgIpc) is 3.21. The monoisotopic (exact) mass is 596 g/mol. The van der Waals surface area contributed by atoms with E-state index in [1.54, 1.807) is 13.0 Å². The zero-order valence-corrected chi connectivity index (χ0v) is 24.5. The van der Waals surface area contributed by atoms with Gasteiger partial charge in [0.15, 0.2) is 0 Å². The number of amides is 2. The summed E-state index contributed by atoms with van der Waals surface area (Å²) in [5.74, 6) is -3.32. The number of benzene rings is 2. The number of methoxy groups -OCH3 is 1. The van der Waals surface area contributed by atoms with Crippen molar-refractivity contribution in [2.24, 2.45) is 0 Å². The summed E-state index contributed by atoms with van der Waals surface area (Å²) < 4.78 is 54.2. The van der Waals surface area contributed by atoms with Crippen LogP contribution in [0.5, 0.6) is 11.5 Å². The molecule has 0 spiro atoms. The summed E-state index contributed by atoms with van der Waals surface area (Å²) >= 11 is 0. The van der Waals surface area contributed by atoms with E-state index < -0.39 is 47.8 Å². The number of hydrogen-bond donors (Lipinski definition) is 1. The number of likely N-dealkylation sites (N-methyl/N-ethyl adjacent to an activating group) is 1. The number of nitrogens with zero attached hydrogens (tertiary/aromatic N) is 3. The number of halogens is 3. The fourth-order valence-electron chi connectivity index (χ4n) is 6.13. The fraction of sp³-hybridized carbons (Fsp3) is 0.406. The number of rotatable bonds is 8. The molecule has 5 atom stereocenters. The van der Waals surface area contributed by atoms with Crippen LogP contribution in [0.4, 0.5) is 19.0 Å². The van der Waals surface area contributed by atoms with Gasteiger partial charge >= 0.3 is 0 Å². The molecule has 2 fully saturated rings. The van der Waals surface area contributed by atoms with Gasteiger partial charge in [-0.1, -0.05) is 6.07 Å². The molecule has 2 unspecified atom stereocenters. The molecule has 2 amide bonds. The molecule has 0 bridgehead atoms. The minimum absolute atomic E-state index is 0.00936. The van der Waals surface area contributed by atoms with Crippen molar-refractivity contribution in [2.75, 3.05) is 32.1 Å². The molecule has 3 heterocycles. The van der Waals surface area contributed by atoms with Crippen LogP contribution >= 0.6 is 0 Å². The van der Waals surface area contributed by atoms with Crippen LogP contribution in [-0.4, -0.2) is 67.4 Å². The Bertz CT molecular complexity index is 1460. The second-order valence-electron chi connectivity index (χ2n) is 11.1. The van der Waals surface area contributed by atoms with Gasteiger partial charge in [0.25, 0.3) is 11.8 Å². The van der Waals surface area contributed by atoms with Gasteiger partial charge in [0.05, 0.1) is 7.11 Å². The zero-order chi connectivity index (χ0) is 30.8. The predicted molar refractivity (Wildman–Crippen MR) is 155 cm³/mol. The highest BCUT2D eigenvalue weighted by Gasteiger charge is 2.50. The molecule has 3 aromatic rings. The largest absolute Gasteiger partial charge is 0.497 e. The second kappa shape index (κ2) is 12.6. The Morgan fingerprint density at radius 3 is 2.42 bits per heavy atom. The summed E-state index contributed by atoms with van der Waals surface area (Å²) in [7, 11) is 3.35.